The number of fused-ring (bicyclic) bond motifs is 1. The normalized spacial score (nSPS) is 42.9. The Morgan fingerprint density at radius 1 is 1.12 bits per heavy atom. The van der Waals surface area contributed by atoms with Crippen LogP contribution in [0.5, 0.6) is 0 Å². The lowest BCUT2D eigenvalue weighted by molar-refractivity contribution is -0.123. The molecule has 0 heterocycles. The van der Waals surface area contributed by atoms with Gasteiger partial charge in [-0.15, -0.1) is 0 Å². The molecule has 96 valence electrons. The van der Waals surface area contributed by atoms with Crippen molar-refractivity contribution in [3.05, 3.63) is 0 Å². The van der Waals surface area contributed by atoms with E-state index < -0.39 is 0 Å². The zero-order chi connectivity index (χ0) is 12.0. The number of rotatable bonds is 2. The molecule has 3 aliphatic rings. The molecule has 17 heavy (non-hydrogen) atoms. The van der Waals surface area contributed by atoms with E-state index in [-0.39, 0.29) is 0 Å². The van der Waals surface area contributed by atoms with Crippen molar-refractivity contribution >= 4 is 5.91 Å². The van der Waals surface area contributed by atoms with E-state index in [2.05, 4.69) is 19.2 Å². The molecule has 0 saturated heterocycles. The fourth-order valence-corrected chi connectivity index (χ4v) is 4.24. The predicted molar refractivity (Wildman–Crippen MR) is 68.5 cm³/mol. The van der Waals surface area contributed by atoms with E-state index in [0.29, 0.717) is 23.3 Å². The number of amides is 1. The summed E-state index contributed by atoms with van der Waals surface area (Å²) in [6.45, 7) is 4.63. The second-order valence-electron chi connectivity index (χ2n) is 7.25. The van der Waals surface area contributed by atoms with Gasteiger partial charge in [0.25, 0.3) is 0 Å². The molecule has 0 aromatic heterocycles. The summed E-state index contributed by atoms with van der Waals surface area (Å²) in [5, 5.41) is 3.31. The molecule has 2 heteroatoms. The lowest BCUT2D eigenvalue weighted by Gasteiger charge is -2.17. The molecule has 3 unspecified atom stereocenters. The maximum Gasteiger partial charge on any atom is 0.223 e. The SMILES string of the molecule is CC1(C)CCC(NC(=O)C2C3CCCCC32)C1. The topological polar surface area (TPSA) is 29.1 Å². The maximum absolute atomic E-state index is 12.2. The zero-order valence-corrected chi connectivity index (χ0v) is 11.2. The molecule has 0 aliphatic heterocycles. The number of carbonyl (C=O) groups excluding carboxylic acids is 1. The summed E-state index contributed by atoms with van der Waals surface area (Å²) in [7, 11) is 0. The van der Waals surface area contributed by atoms with Crippen LogP contribution in [-0.4, -0.2) is 11.9 Å². The lowest BCUT2D eigenvalue weighted by Crippen LogP contribution is -2.35. The van der Waals surface area contributed by atoms with E-state index in [0.717, 1.165) is 11.8 Å². The Bertz CT molecular complexity index is 311. The molecule has 3 saturated carbocycles. The Labute approximate surface area is 105 Å². The molecule has 0 bridgehead atoms. The first-order valence-corrected chi connectivity index (χ1v) is 7.37. The van der Waals surface area contributed by atoms with Gasteiger partial charge in [0, 0.05) is 12.0 Å². The molecular weight excluding hydrogens is 210 g/mol. The average Bonchev–Trinajstić information content (AvgIpc) is 2.91. The van der Waals surface area contributed by atoms with Gasteiger partial charge < -0.3 is 5.32 Å². The summed E-state index contributed by atoms with van der Waals surface area (Å²) in [4.78, 5) is 12.2. The van der Waals surface area contributed by atoms with Gasteiger partial charge in [-0.2, -0.15) is 0 Å². The summed E-state index contributed by atoms with van der Waals surface area (Å²) in [6, 6.07) is 0.458. The van der Waals surface area contributed by atoms with Crippen LogP contribution in [0.1, 0.15) is 58.8 Å². The molecule has 0 radical (unpaired) electrons. The third kappa shape index (κ3) is 2.23. The molecule has 0 spiro atoms. The second kappa shape index (κ2) is 4.00. The van der Waals surface area contributed by atoms with Crippen molar-refractivity contribution in [2.45, 2.75) is 64.8 Å². The quantitative estimate of drug-likeness (QED) is 0.783. The fourth-order valence-electron chi connectivity index (χ4n) is 4.24. The van der Waals surface area contributed by atoms with Gasteiger partial charge in [0.05, 0.1) is 0 Å². The van der Waals surface area contributed by atoms with Crippen LogP contribution < -0.4 is 5.32 Å². The van der Waals surface area contributed by atoms with Crippen LogP contribution in [-0.2, 0) is 4.79 Å². The van der Waals surface area contributed by atoms with Crippen LogP contribution in [0.4, 0.5) is 0 Å². The van der Waals surface area contributed by atoms with Crippen LogP contribution in [0.3, 0.4) is 0 Å². The van der Waals surface area contributed by atoms with E-state index in [4.69, 9.17) is 0 Å². The Hall–Kier alpha value is -0.530. The lowest BCUT2D eigenvalue weighted by atomic mass is 9.92. The smallest absolute Gasteiger partial charge is 0.223 e. The summed E-state index contributed by atoms with van der Waals surface area (Å²) < 4.78 is 0. The minimum atomic E-state index is 0.379. The fraction of sp³-hybridized carbons (Fsp3) is 0.933. The molecule has 0 aromatic carbocycles. The minimum absolute atomic E-state index is 0.379. The standard InChI is InChI=1S/C15H25NO/c1-15(2)8-7-10(9-15)16-14(17)13-11-5-3-4-6-12(11)13/h10-13H,3-9H2,1-2H3,(H,16,17). The summed E-state index contributed by atoms with van der Waals surface area (Å²) in [5.74, 6) is 2.27. The van der Waals surface area contributed by atoms with Gasteiger partial charge in [-0.1, -0.05) is 26.7 Å². The summed E-state index contributed by atoms with van der Waals surface area (Å²) >= 11 is 0. The first-order valence-electron chi connectivity index (χ1n) is 7.37. The highest BCUT2D eigenvalue weighted by Gasteiger charge is 2.55. The van der Waals surface area contributed by atoms with E-state index in [9.17, 15) is 4.79 Å². The first-order chi connectivity index (χ1) is 8.07. The number of hydrogen-bond donors (Lipinski definition) is 1. The summed E-state index contributed by atoms with van der Waals surface area (Å²) in [6.07, 6.45) is 8.91. The highest BCUT2D eigenvalue weighted by Crippen LogP contribution is 2.55. The van der Waals surface area contributed by atoms with E-state index in [1.807, 2.05) is 0 Å². The Kier molecular flexibility index (Phi) is 2.72. The van der Waals surface area contributed by atoms with Gasteiger partial charge in [0.2, 0.25) is 5.91 Å². The molecule has 1 N–H and O–H groups in total. The molecule has 3 rings (SSSR count). The third-order valence-electron chi connectivity index (χ3n) is 5.27. The van der Waals surface area contributed by atoms with Gasteiger partial charge in [-0.05, 0) is 49.4 Å². The van der Waals surface area contributed by atoms with E-state index >= 15 is 0 Å². The first kappa shape index (κ1) is 11.6. The number of hydrogen-bond acceptors (Lipinski definition) is 1. The Balaban J connectivity index is 1.52. The van der Waals surface area contributed by atoms with Gasteiger partial charge >= 0.3 is 0 Å². The van der Waals surface area contributed by atoms with Gasteiger partial charge in [-0.3, -0.25) is 4.79 Å². The molecule has 3 atom stereocenters. The van der Waals surface area contributed by atoms with E-state index in [1.54, 1.807) is 0 Å². The van der Waals surface area contributed by atoms with Crippen LogP contribution >= 0.6 is 0 Å². The van der Waals surface area contributed by atoms with Crippen LogP contribution in [0.2, 0.25) is 0 Å². The third-order valence-corrected chi connectivity index (χ3v) is 5.27. The molecule has 3 fully saturated rings. The van der Waals surface area contributed by atoms with Gasteiger partial charge in [-0.25, -0.2) is 0 Å². The van der Waals surface area contributed by atoms with Crippen molar-refractivity contribution in [3.8, 4) is 0 Å². The average molecular weight is 235 g/mol. The van der Waals surface area contributed by atoms with Crippen molar-refractivity contribution in [1.82, 2.24) is 5.32 Å². The van der Waals surface area contributed by atoms with Crippen LogP contribution in [0.25, 0.3) is 0 Å². The van der Waals surface area contributed by atoms with Crippen molar-refractivity contribution in [2.75, 3.05) is 0 Å². The highest BCUT2D eigenvalue weighted by molar-refractivity contribution is 5.82. The highest BCUT2D eigenvalue weighted by atomic mass is 16.2. The minimum Gasteiger partial charge on any atom is -0.353 e. The number of nitrogens with one attached hydrogen (secondary N) is 1. The van der Waals surface area contributed by atoms with Gasteiger partial charge in [0.15, 0.2) is 0 Å². The second-order valence-corrected chi connectivity index (χ2v) is 7.25. The van der Waals surface area contributed by atoms with Crippen LogP contribution in [0.15, 0.2) is 0 Å². The van der Waals surface area contributed by atoms with Crippen molar-refractivity contribution in [2.24, 2.45) is 23.2 Å². The number of carbonyl (C=O) groups is 1. The molecule has 3 aliphatic carbocycles. The summed E-state index contributed by atoms with van der Waals surface area (Å²) in [5.41, 5.74) is 0.439. The molecular formula is C15H25NO. The molecule has 0 aromatic rings. The molecule has 2 nitrogen and oxygen atoms in total. The van der Waals surface area contributed by atoms with Crippen LogP contribution in [0, 0.1) is 23.2 Å². The Morgan fingerprint density at radius 3 is 2.29 bits per heavy atom. The van der Waals surface area contributed by atoms with Crippen molar-refractivity contribution in [3.63, 3.8) is 0 Å². The largest absolute Gasteiger partial charge is 0.353 e. The van der Waals surface area contributed by atoms with E-state index in [1.165, 1.54) is 44.9 Å². The molecule has 1 amide bonds. The predicted octanol–water partition coefficient (Wildman–Crippen LogP) is 3.12. The monoisotopic (exact) mass is 235 g/mol. The van der Waals surface area contributed by atoms with Crippen molar-refractivity contribution in [1.29, 1.82) is 0 Å². The Morgan fingerprint density at radius 2 is 1.76 bits per heavy atom. The van der Waals surface area contributed by atoms with Gasteiger partial charge in [0.1, 0.15) is 0 Å². The zero-order valence-electron chi connectivity index (χ0n) is 11.2. The maximum atomic E-state index is 12.2. The van der Waals surface area contributed by atoms with Crippen molar-refractivity contribution < 1.29 is 4.79 Å².